The second kappa shape index (κ2) is 10.3. The number of ether oxygens (including phenoxy) is 1. The molecule has 5 heteroatoms. The van der Waals surface area contributed by atoms with Gasteiger partial charge in [-0.25, -0.2) is 4.79 Å². The normalized spacial score (nSPS) is 9.19. The lowest BCUT2D eigenvalue weighted by molar-refractivity contribution is 0.138. The van der Waals surface area contributed by atoms with Crippen molar-refractivity contribution in [2.45, 2.75) is 12.8 Å². The fourth-order valence-corrected chi connectivity index (χ4v) is 0.970. The Hall–Kier alpha value is -1.25. The highest BCUT2D eigenvalue weighted by Crippen LogP contribution is 1.85. The van der Waals surface area contributed by atoms with E-state index in [0.717, 1.165) is 19.4 Å². The summed E-state index contributed by atoms with van der Waals surface area (Å²) < 4.78 is 4.51. The van der Waals surface area contributed by atoms with Gasteiger partial charge in [0.2, 0.25) is 0 Å². The highest BCUT2D eigenvalue weighted by atomic mass is 16.5. The number of carbonyl (C=O) groups excluding carboxylic acids is 1. The summed E-state index contributed by atoms with van der Waals surface area (Å²) in [5.41, 5.74) is 0. The second-order valence-electron chi connectivity index (χ2n) is 3.29. The molecule has 0 heterocycles. The standard InChI is InChI=1S/C11H20N2O3/c1-13(11(15)16-2)9-5-3-7-12-8-4-6-10-14/h12,14H,4,6-10H2,1-2H3. The molecule has 0 fully saturated rings. The Balaban J connectivity index is 3.44. The largest absolute Gasteiger partial charge is 0.453 e. The van der Waals surface area contributed by atoms with Crippen molar-refractivity contribution in [2.24, 2.45) is 0 Å². The molecule has 0 saturated heterocycles. The summed E-state index contributed by atoms with van der Waals surface area (Å²) in [4.78, 5) is 12.3. The van der Waals surface area contributed by atoms with Gasteiger partial charge in [0, 0.05) is 13.7 Å². The molecule has 1 amide bonds. The van der Waals surface area contributed by atoms with Crippen molar-refractivity contribution in [2.75, 3.05) is 40.4 Å². The van der Waals surface area contributed by atoms with Gasteiger partial charge in [-0.05, 0) is 19.4 Å². The molecular weight excluding hydrogens is 208 g/mol. The summed E-state index contributed by atoms with van der Waals surface area (Å²) >= 11 is 0. The van der Waals surface area contributed by atoms with E-state index in [0.29, 0.717) is 13.1 Å². The average molecular weight is 228 g/mol. The molecule has 5 nitrogen and oxygen atoms in total. The Morgan fingerprint density at radius 1 is 1.44 bits per heavy atom. The third kappa shape index (κ3) is 8.09. The first kappa shape index (κ1) is 14.8. The molecule has 0 aliphatic carbocycles. The lowest BCUT2D eigenvalue weighted by Gasteiger charge is -2.10. The SMILES string of the molecule is COC(=O)N(C)CC#CCNCCCCO. The summed E-state index contributed by atoms with van der Waals surface area (Å²) in [5.74, 6) is 5.75. The molecule has 0 aromatic carbocycles. The smallest absolute Gasteiger partial charge is 0.410 e. The highest BCUT2D eigenvalue weighted by Gasteiger charge is 2.03. The number of unbranched alkanes of at least 4 members (excludes halogenated alkanes) is 1. The first-order valence-electron chi connectivity index (χ1n) is 5.28. The Labute approximate surface area is 96.8 Å². The van der Waals surface area contributed by atoms with Crippen molar-refractivity contribution in [3.63, 3.8) is 0 Å². The minimum atomic E-state index is -0.384. The van der Waals surface area contributed by atoms with E-state index in [4.69, 9.17) is 5.11 Å². The molecule has 0 rings (SSSR count). The Morgan fingerprint density at radius 3 is 2.81 bits per heavy atom. The Kier molecular flexibility index (Phi) is 9.47. The van der Waals surface area contributed by atoms with Gasteiger partial charge in [-0.1, -0.05) is 11.8 Å². The van der Waals surface area contributed by atoms with Crippen LogP contribution < -0.4 is 5.32 Å². The van der Waals surface area contributed by atoms with Crippen LogP contribution >= 0.6 is 0 Å². The van der Waals surface area contributed by atoms with E-state index in [9.17, 15) is 4.79 Å². The molecule has 0 radical (unpaired) electrons. The van der Waals surface area contributed by atoms with Crippen molar-refractivity contribution >= 4 is 6.09 Å². The molecule has 0 aliphatic rings. The van der Waals surface area contributed by atoms with Crippen LogP contribution in [0.2, 0.25) is 0 Å². The number of rotatable bonds is 6. The van der Waals surface area contributed by atoms with Gasteiger partial charge in [0.15, 0.2) is 0 Å². The topological polar surface area (TPSA) is 61.8 Å². The Morgan fingerprint density at radius 2 is 2.19 bits per heavy atom. The number of aliphatic hydroxyl groups excluding tert-OH is 1. The zero-order valence-electron chi connectivity index (χ0n) is 9.95. The van der Waals surface area contributed by atoms with Crippen LogP contribution in [0.5, 0.6) is 0 Å². The highest BCUT2D eigenvalue weighted by molar-refractivity contribution is 5.67. The van der Waals surface area contributed by atoms with Gasteiger partial charge >= 0.3 is 6.09 Å². The number of aliphatic hydroxyl groups is 1. The number of carbonyl (C=O) groups is 1. The predicted octanol–water partition coefficient (Wildman–Crippen LogP) is 0.0501. The molecule has 0 spiro atoms. The summed E-state index contributed by atoms with van der Waals surface area (Å²) in [5, 5.41) is 11.7. The molecule has 0 saturated carbocycles. The zero-order chi connectivity index (χ0) is 12.2. The molecule has 92 valence electrons. The number of amides is 1. The number of nitrogens with zero attached hydrogens (tertiary/aromatic N) is 1. The molecule has 0 bridgehead atoms. The third-order valence-corrected chi connectivity index (χ3v) is 1.90. The van der Waals surface area contributed by atoms with E-state index in [1.165, 1.54) is 12.0 Å². The van der Waals surface area contributed by atoms with Crippen molar-refractivity contribution < 1.29 is 14.6 Å². The van der Waals surface area contributed by atoms with E-state index < -0.39 is 0 Å². The summed E-state index contributed by atoms with van der Waals surface area (Å²) in [6.45, 7) is 2.05. The molecule has 0 aromatic rings. The maximum absolute atomic E-state index is 10.9. The van der Waals surface area contributed by atoms with Crippen LogP contribution in [0.4, 0.5) is 4.79 Å². The van der Waals surface area contributed by atoms with Gasteiger partial charge in [-0.3, -0.25) is 0 Å². The number of methoxy groups -OCH3 is 1. The maximum atomic E-state index is 10.9. The molecule has 0 unspecified atom stereocenters. The van der Waals surface area contributed by atoms with Crippen LogP contribution in [0.1, 0.15) is 12.8 Å². The fraction of sp³-hybridized carbons (Fsp3) is 0.727. The molecular formula is C11H20N2O3. The van der Waals surface area contributed by atoms with Crippen LogP contribution in [0.25, 0.3) is 0 Å². The van der Waals surface area contributed by atoms with Crippen LogP contribution in [0.15, 0.2) is 0 Å². The predicted molar refractivity (Wildman–Crippen MR) is 62.0 cm³/mol. The summed E-state index contributed by atoms with van der Waals surface area (Å²) in [6, 6.07) is 0. The van der Waals surface area contributed by atoms with Gasteiger partial charge in [0.05, 0.1) is 20.2 Å². The summed E-state index contributed by atoms with van der Waals surface area (Å²) in [7, 11) is 2.98. The molecule has 0 atom stereocenters. The van der Waals surface area contributed by atoms with E-state index >= 15 is 0 Å². The quantitative estimate of drug-likeness (QED) is 0.498. The third-order valence-electron chi connectivity index (χ3n) is 1.90. The molecule has 2 N–H and O–H groups in total. The first-order valence-corrected chi connectivity index (χ1v) is 5.28. The fourth-order valence-electron chi connectivity index (χ4n) is 0.970. The van der Waals surface area contributed by atoms with Crippen molar-refractivity contribution in [3.8, 4) is 11.8 Å². The lowest BCUT2D eigenvalue weighted by atomic mass is 10.3. The number of hydrogen-bond donors (Lipinski definition) is 2. The van der Waals surface area contributed by atoms with Gasteiger partial charge in [0.25, 0.3) is 0 Å². The van der Waals surface area contributed by atoms with Gasteiger partial charge in [-0.15, -0.1) is 0 Å². The van der Waals surface area contributed by atoms with E-state index in [1.54, 1.807) is 7.05 Å². The average Bonchev–Trinajstić information content (AvgIpc) is 2.31. The van der Waals surface area contributed by atoms with Crippen LogP contribution in [0, 0.1) is 11.8 Å². The monoisotopic (exact) mass is 228 g/mol. The maximum Gasteiger partial charge on any atom is 0.410 e. The number of nitrogens with one attached hydrogen (secondary N) is 1. The van der Waals surface area contributed by atoms with Crippen molar-refractivity contribution in [3.05, 3.63) is 0 Å². The zero-order valence-corrected chi connectivity index (χ0v) is 9.95. The van der Waals surface area contributed by atoms with E-state index in [-0.39, 0.29) is 12.7 Å². The molecule has 16 heavy (non-hydrogen) atoms. The molecule has 0 aliphatic heterocycles. The lowest BCUT2D eigenvalue weighted by Crippen LogP contribution is -2.26. The minimum absolute atomic E-state index is 0.233. The van der Waals surface area contributed by atoms with Crippen LogP contribution in [-0.2, 0) is 4.74 Å². The van der Waals surface area contributed by atoms with E-state index in [2.05, 4.69) is 21.9 Å². The van der Waals surface area contributed by atoms with Crippen LogP contribution in [0.3, 0.4) is 0 Å². The van der Waals surface area contributed by atoms with Crippen molar-refractivity contribution in [1.82, 2.24) is 10.2 Å². The minimum Gasteiger partial charge on any atom is -0.453 e. The van der Waals surface area contributed by atoms with Gasteiger partial charge in [0.1, 0.15) is 0 Å². The van der Waals surface area contributed by atoms with Crippen molar-refractivity contribution in [1.29, 1.82) is 0 Å². The summed E-state index contributed by atoms with van der Waals surface area (Å²) in [6.07, 6.45) is 1.37. The number of hydrogen-bond acceptors (Lipinski definition) is 4. The van der Waals surface area contributed by atoms with E-state index in [1.807, 2.05) is 0 Å². The van der Waals surface area contributed by atoms with Gasteiger partial charge in [-0.2, -0.15) is 0 Å². The second-order valence-corrected chi connectivity index (χ2v) is 3.29. The van der Waals surface area contributed by atoms with Crippen LogP contribution in [-0.4, -0.2) is 56.5 Å². The Bertz CT molecular complexity index is 245. The molecule has 0 aromatic heterocycles. The van der Waals surface area contributed by atoms with Gasteiger partial charge < -0.3 is 20.1 Å². The first-order chi connectivity index (χ1) is 7.72.